The summed E-state index contributed by atoms with van der Waals surface area (Å²) in [5, 5.41) is 9.16. The fourth-order valence-electron chi connectivity index (χ4n) is 4.81. The second kappa shape index (κ2) is 7.02. The Kier molecular flexibility index (Phi) is 5.18. The lowest BCUT2D eigenvalue weighted by molar-refractivity contribution is -0.149. The van der Waals surface area contributed by atoms with Gasteiger partial charge in [-0.25, -0.2) is 13.2 Å². The Morgan fingerprint density at radius 3 is 2.29 bits per heavy atom. The van der Waals surface area contributed by atoms with E-state index in [0.29, 0.717) is 19.3 Å². The third-order valence-corrected chi connectivity index (χ3v) is 8.33. The molecule has 2 saturated carbocycles. The van der Waals surface area contributed by atoms with E-state index in [1.807, 2.05) is 0 Å². The molecule has 1 N–H and O–H groups in total. The van der Waals surface area contributed by atoms with Crippen LogP contribution < -0.4 is 0 Å². The monoisotopic (exact) mass is 357 g/mol. The van der Waals surface area contributed by atoms with Gasteiger partial charge in [-0.15, -0.1) is 0 Å². The fourth-order valence-corrected chi connectivity index (χ4v) is 6.66. The van der Waals surface area contributed by atoms with Gasteiger partial charge < -0.3 is 10.0 Å². The molecule has 1 amide bonds. The molecule has 7 heteroatoms. The molecule has 2 aliphatic carbocycles. The second-order valence-electron chi connectivity index (χ2n) is 7.53. The van der Waals surface area contributed by atoms with Crippen molar-refractivity contribution in [2.24, 2.45) is 5.92 Å². The van der Waals surface area contributed by atoms with Crippen LogP contribution >= 0.6 is 0 Å². The van der Waals surface area contributed by atoms with E-state index in [2.05, 4.69) is 0 Å². The quantitative estimate of drug-likeness (QED) is 0.812. The Morgan fingerprint density at radius 2 is 1.62 bits per heavy atom. The summed E-state index contributed by atoms with van der Waals surface area (Å²) in [4.78, 5) is 25.7. The van der Waals surface area contributed by atoms with Gasteiger partial charge in [-0.3, -0.25) is 4.79 Å². The number of sulfone groups is 1. The summed E-state index contributed by atoms with van der Waals surface area (Å²) in [7, 11) is -3.25. The molecule has 0 radical (unpaired) electrons. The molecule has 24 heavy (non-hydrogen) atoms. The molecular weight excluding hydrogens is 330 g/mol. The molecule has 0 aromatic carbocycles. The van der Waals surface area contributed by atoms with Gasteiger partial charge in [-0.1, -0.05) is 25.7 Å². The van der Waals surface area contributed by atoms with E-state index in [-0.39, 0.29) is 35.3 Å². The number of carbonyl (C=O) groups excluding carboxylic acids is 1. The number of carboxylic acid groups (broad SMARTS) is 1. The number of carbonyl (C=O) groups is 2. The summed E-state index contributed by atoms with van der Waals surface area (Å²) < 4.78 is 24.7. The summed E-state index contributed by atoms with van der Waals surface area (Å²) in [6.07, 6.45) is 7.62. The van der Waals surface area contributed by atoms with E-state index in [4.69, 9.17) is 0 Å². The molecule has 0 bridgehead atoms. The van der Waals surface area contributed by atoms with Gasteiger partial charge in [-0.2, -0.15) is 0 Å². The van der Waals surface area contributed by atoms with Crippen LogP contribution in [0.15, 0.2) is 0 Å². The van der Waals surface area contributed by atoms with Crippen molar-refractivity contribution in [3.05, 3.63) is 0 Å². The fraction of sp³-hybridized carbons (Fsp3) is 0.882. The van der Waals surface area contributed by atoms with Crippen molar-refractivity contribution in [3.8, 4) is 0 Å². The summed E-state index contributed by atoms with van der Waals surface area (Å²) >= 11 is 0. The molecule has 0 aromatic heterocycles. The lowest BCUT2D eigenvalue weighted by Crippen LogP contribution is -2.46. The van der Waals surface area contributed by atoms with Crippen molar-refractivity contribution >= 4 is 21.7 Å². The van der Waals surface area contributed by atoms with E-state index in [9.17, 15) is 23.1 Å². The summed E-state index contributed by atoms with van der Waals surface area (Å²) in [5.74, 6) is -1.14. The van der Waals surface area contributed by atoms with Crippen LogP contribution in [0.2, 0.25) is 0 Å². The van der Waals surface area contributed by atoms with Gasteiger partial charge >= 0.3 is 5.97 Å². The van der Waals surface area contributed by atoms with E-state index < -0.39 is 21.8 Å². The first-order valence-electron chi connectivity index (χ1n) is 9.15. The molecular formula is C17H27NO5S. The molecule has 136 valence electrons. The van der Waals surface area contributed by atoms with Crippen molar-refractivity contribution < 1.29 is 23.1 Å². The minimum Gasteiger partial charge on any atom is -0.480 e. The lowest BCUT2D eigenvalue weighted by atomic mass is 9.84. The van der Waals surface area contributed by atoms with E-state index in [1.165, 1.54) is 4.90 Å². The van der Waals surface area contributed by atoms with Crippen molar-refractivity contribution in [1.82, 2.24) is 4.90 Å². The lowest BCUT2D eigenvalue weighted by Gasteiger charge is -2.33. The van der Waals surface area contributed by atoms with Gasteiger partial charge in [-0.05, 0) is 38.0 Å². The summed E-state index contributed by atoms with van der Waals surface area (Å²) in [6.45, 7) is 0. The van der Waals surface area contributed by atoms with Crippen LogP contribution in [0.5, 0.6) is 0 Å². The predicted octanol–water partition coefficient (Wildman–Crippen LogP) is 1.98. The Bertz CT molecular complexity index is 596. The predicted molar refractivity (Wildman–Crippen MR) is 89.3 cm³/mol. The molecule has 3 aliphatic rings. The maximum Gasteiger partial charge on any atom is 0.326 e. The Hall–Kier alpha value is -1.11. The van der Waals surface area contributed by atoms with Gasteiger partial charge in [0, 0.05) is 12.5 Å². The second-order valence-corrected chi connectivity index (χ2v) is 9.93. The zero-order valence-corrected chi connectivity index (χ0v) is 14.8. The Morgan fingerprint density at radius 1 is 1.00 bits per heavy atom. The standard InChI is InChI=1S/C17H27NO5S/c19-16(9-10-24(22,23)13-6-2-3-7-13)18-14-8-4-1-5-12(14)11-15(18)17(20)21/h12-15H,1-11H2,(H,20,21)/t12-,14+,15+/m1/s1. The molecule has 0 unspecified atom stereocenters. The highest BCUT2D eigenvalue weighted by molar-refractivity contribution is 7.92. The number of likely N-dealkylation sites (tertiary alicyclic amines) is 1. The molecule has 3 rings (SSSR count). The van der Waals surface area contributed by atoms with E-state index >= 15 is 0 Å². The number of rotatable bonds is 5. The molecule has 0 aromatic rings. The molecule has 3 fully saturated rings. The molecule has 0 spiro atoms. The number of hydrogen-bond acceptors (Lipinski definition) is 4. The van der Waals surface area contributed by atoms with Gasteiger partial charge in [0.15, 0.2) is 9.84 Å². The Labute approximate surface area is 143 Å². The highest BCUT2D eigenvalue weighted by Gasteiger charge is 2.47. The average molecular weight is 357 g/mol. The van der Waals surface area contributed by atoms with Crippen LogP contribution in [-0.2, 0) is 19.4 Å². The number of fused-ring (bicyclic) bond motifs is 1. The van der Waals surface area contributed by atoms with Crippen molar-refractivity contribution in [1.29, 1.82) is 0 Å². The Balaban J connectivity index is 1.66. The van der Waals surface area contributed by atoms with Crippen molar-refractivity contribution in [2.75, 3.05) is 5.75 Å². The average Bonchev–Trinajstić information content (AvgIpc) is 3.20. The number of nitrogens with zero attached hydrogens (tertiary/aromatic N) is 1. The number of amides is 1. The molecule has 1 aliphatic heterocycles. The maximum absolute atomic E-state index is 12.7. The first-order valence-corrected chi connectivity index (χ1v) is 10.9. The van der Waals surface area contributed by atoms with Crippen LogP contribution in [-0.4, -0.2) is 53.4 Å². The first-order chi connectivity index (χ1) is 11.4. The SMILES string of the molecule is O=C(O)[C@@H]1C[C@H]2CCCC[C@@H]2N1C(=O)CCS(=O)(=O)C1CCCC1. The van der Waals surface area contributed by atoms with Gasteiger partial charge in [0.1, 0.15) is 6.04 Å². The number of hydrogen-bond donors (Lipinski definition) is 1. The maximum atomic E-state index is 12.7. The smallest absolute Gasteiger partial charge is 0.326 e. The highest BCUT2D eigenvalue weighted by atomic mass is 32.2. The van der Waals surface area contributed by atoms with E-state index in [0.717, 1.165) is 38.5 Å². The number of carboxylic acids is 1. The van der Waals surface area contributed by atoms with Crippen LogP contribution in [0.3, 0.4) is 0 Å². The van der Waals surface area contributed by atoms with Crippen LogP contribution in [0, 0.1) is 5.92 Å². The van der Waals surface area contributed by atoms with Gasteiger partial charge in [0.05, 0.1) is 11.0 Å². The largest absolute Gasteiger partial charge is 0.480 e. The molecule has 3 atom stereocenters. The zero-order valence-electron chi connectivity index (χ0n) is 14.0. The highest BCUT2D eigenvalue weighted by Crippen LogP contribution is 2.40. The molecule has 1 saturated heterocycles. The number of aliphatic carboxylic acids is 1. The third kappa shape index (κ3) is 3.46. The van der Waals surface area contributed by atoms with E-state index in [1.54, 1.807) is 0 Å². The van der Waals surface area contributed by atoms with Crippen molar-refractivity contribution in [2.45, 2.75) is 81.5 Å². The zero-order chi connectivity index (χ0) is 17.3. The first kappa shape index (κ1) is 17.7. The minimum absolute atomic E-state index is 0.0125. The van der Waals surface area contributed by atoms with Crippen molar-refractivity contribution in [3.63, 3.8) is 0 Å². The van der Waals surface area contributed by atoms with Crippen LogP contribution in [0.4, 0.5) is 0 Å². The summed E-state index contributed by atoms with van der Waals surface area (Å²) in [6, 6.07) is -0.790. The van der Waals surface area contributed by atoms with Gasteiger partial charge in [0.25, 0.3) is 0 Å². The third-order valence-electron chi connectivity index (χ3n) is 6.07. The summed E-state index contributed by atoms with van der Waals surface area (Å²) in [5.41, 5.74) is 0. The molecule has 1 heterocycles. The van der Waals surface area contributed by atoms with Crippen LogP contribution in [0.1, 0.15) is 64.2 Å². The molecule has 6 nitrogen and oxygen atoms in total. The minimum atomic E-state index is -3.25. The van der Waals surface area contributed by atoms with Gasteiger partial charge in [0.2, 0.25) is 5.91 Å². The normalized spacial score (nSPS) is 31.2. The van der Waals surface area contributed by atoms with Crippen LogP contribution in [0.25, 0.3) is 0 Å². The topological polar surface area (TPSA) is 91.8 Å².